The maximum atomic E-state index is 12.5. The molecule has 1 atom stereocenters. The Balaban J connectivity index is 3.24. The lowest BCUT2D eigenvalue weighted by Crippen LogP contribution is -2.12. The van der Waals surface area contributed by atoms with Crippen molar-refractivity contribution in [2.45, 2.75) is 24.8 Å². The van der Waals surface area contributed by atoms with E-state index in [0.29, 0.717) is 0 Å². The Morgan fingerprint density at radius 3 is 2.29 bits per heavy atom. The Labute approximate surface area is 98.4 Å². The molecule has 0 aliphatic heterocycles. The van der Waals surface area contributed by atoms with Gasteiger partial charge in [0.1, 0.15) is 0 Å². The van der Waals surface area contributed by atoms with Crippen molar-refractivity contribution in [2.24, 2.45) is 0 Å². The van der Waals surface area contributed by atoms with E-state index in [1.54, 1.807) is 6.92 Å². The molecule has 1 unspecified atom stereocenters. The van der Waals surface area contributed by atoms with Crippen molar-refractivity contribution in [1.29, 1.82) is 0 Å². The maximum Gasteiger partial charge on any atom is 0.416 e. The largest absolute Gasteiger partial charge is 0.416 e. The first-order valence-electron chi connectivity index (χ1n) is 5.02. The van der Waals surface area contributed by atoms with Gasteiger partial charge in [-0.05, 0) is 18.1 Å². The summed E-state index contributed by atoms with van der Waals surface area (Å²) in [6.07, 6.45) is -3.17. The molecular formula is C11H13F3O2S. The van der Waals surface area contributed by atoms with Gasteiger partial charge in [-0.15, -0.1) is 0 Å². The maximum absolute atomic E-state index is 12.5. The Hall–Kier alpha value is -1.04. The van der Waals surface area contributed by atoms with Gasteiger partial charge in [0.25, 0.3) is 0 Å². The third kappa shape index (κ3) is 3.46. The fourth-order valence-corrected chi connectivity index (χ4v) is 2.95. The first-order chi connectivity index (χ1) is 7.66. The highest BCUT2D eigenvalue weighted by Gasteiger charge is 2.31. The first-order valence-corrected chi connectivity index (χ1v) is 6.97. The van der Waals surface area contributed by atoms with Gasteiger partial charge >= 0.3 is 6.18 Å². The zero-order valence-electron chi connectivity index (χ0n) is 9.45. The summed E-state index contributed by atoms with van der Waals surface area (Å²) in [6, 6.07) is 4.46. The number of hydrogen-bond donors (Lipinski definition) is 0. The van der Waals surface area contributed by atoms with Crippen LogP contribution in [0, 0.1) is 0 Å². The molecule has 0 bridgehead atoms. The van der Waals surface area contributed by atoms with E-state index in [1.165, 1.54) is 12.1 Å². The van der Waals surface area contributed by atoms with Crippen LogP contribution in [0.25, 0.3) is 0 Å². The molecule has 0 aliphatic carbocycles. The number of sulfone groups is 1. The van der Waals surface area contributed by atoms with Crippen LogP contribution in [-0.2, 0) is 16.0 Å². The lowest BCUT2D eigenvalue weighted by atomic mass is 10.1. The average Bonchev–Trinajstić information content (AvgIpc) is 2.15. The summed E-state index contributed by atoms with van der Waals surface area (Å²) < 4.78 is 60.3. The van der Waals surface area contributed by atoms with Crippen LogP contribution in [0.4, 0.5) is 13.2 Å². The highest BCUT2D eigenvalue weighted by atomic mass is 32.2. The van der Waals surface area contributed by atoms with Crippen molar-refractivity contribution >= 4 is 9.84 Å². The number of alkyl halides is 3. The second-order valence-corrected chi connectivity index (χ2v) is 6.08. The van der Waals surface area contributed by atoms with Crippen molar-refractivity contribution in [3.05, 3.63) is 35.4 Å². The van der Waals surface area contributed by atoms with Crippen molar-refractivity contribution in [2.75, 3.05) is 6.26 Å². The van der Waals surface area contributed by atoms with Gasteiger partial charge in [0.05, 0.1) is 10.8 Å². The number of halogens is 3. The molecule has 0 saturated carbocycles. The van der Waals surface area contributed by atoms with E-state index < -0.39 is 26.8 Å². The van der Waals surface area contributed by atoms with Gasteiger partial charge in [-0.25, -0.2) is 8.42 Å². The lowest BCUT2D eigenvalue weighted by molar-refractivity contribution is -0.137. The fraction of sp³-hybridized carbons (Fsp3) is 0.455. The molecular weight excluding hydrogens is 253 g/mol. The molecule has 17 heavy (non-hydrogen) atoms. The van der Waals surface area contributed by atoms with E-state index in [0.717, 1.165) is 18.4 Å². The monoisotopic (exact) mass is 266 g/mol. The van der Waals surface area contributed by atoms with Gasteiger partial charge in [0.2, 0.25) is 0 Å². The first kappa shape index (κ1) is 14.0. The Kier molecular flexibility index (Phi) is 3.86. The molecule has 1 rings (SSSR count). The highest BCUT2D eigenvalue weighted by molar-refractivity contribution is 7.90. The van der Waals surface area contributed by atoms with Crippen LogP contribution >= 0.6 is 0 Å². The molecule has 1 aromatic rings. The molecule has 0 amide bonds. The summed E-state index contributed by atoms with van der Waals surface area (Å²) in [6.45, 7) is 1.63. The zero-order chi connectivity index (χ0) is 13.3. The van der Waals surface area contributed by atoms with Gasteiger partial charge in [-0.1, -0.05) is 25.1 Å². The number of rotatable bonds is 3. The van der Waals surface area contributed by atoms with E-state index in [4.69, 9.17) is 0 Å². The van der Waals surface area contributed by atoms with Gasteiger partial charge in [0, 0.05) is 6.26 Å². The number of hydrogen-bond acceptors (Lipinski definition) is 2. The van der Waals surface area contributed by atoms with Crippen molar-refractivity contribution < 1.29 is 21.6 Å². The summed E-state index contributed by atoms with van der Waals surface area (Å²) >= 11 is 0. The summed E-state index contributed by atoms with van der Waals surface area (Å²) in [5, 5.41) is -0.884. The van der Waals surface area contributed by atoms with Crippen LogP contribution in [0.5, 0.6) is 0 Å². The van der Waals surface area contributed by atoms with Gasteiger partial charge in [-0.2, -0.15) is 13.2 Å². The molecule has 0 radical (unpaired) electrons. The van der Waals surface area contributed by atoms with Gasteiger partial charge < -0.3 is 0 Å². The molecule has 1 aromatic carbocycles. The molecule has 2 nitrogen and oxygen atoms in total. The topological polar surface area (TPSA) is 34.1 Å². The molecule has 0 heterocycles. The second-order valence-electron chi connectivity index (χ2n) is 3.85. The van der Waals surface area contributed by atoms with E-state index in [-0.39, 0.29) is 12.0 Å². The van der Waals surface area contributed by atoms with E-state index >= 15 is 0 Å². The Morgan fingerprint density at radius 2 is 1.88 bits per heavy atom. The molecule has 0 aliphatic rings. The van der Waals surface area contributed by atoms with Crippen LogP contribution in [0.15, 0.2) is 24.3 Å². The van der Waals surface area contributed by atoms with Gasteiger partial charge in [-0.3, -0.25) is 0 Å². The molecule has 0 N–H and O–H groups in total. The zero-order valence-corrected chi connectivity index (χ0v) is 10.3. The molecule has 6 heteroatoms. The van der Waals surface area contributed by atoms with E-state index in [2.05, 4.69) is 0 Å². The van der Waals surface area contributed by atoms with Crippen LogP contribution in [-0.4, -0.2) is 14.7 Å². The minimum Gasteiger partial charge on any atom is -0.228 e. The van der Waals surface area contributed by atoms with Crippen molar-refractivity contribution in [3.63, 3.8) is 0 Å². The molecule has 0 spiro atoms. The van der Waals surface area contributed by atoms with Crippen molar-refractivity contribution in [1.82, 2.24) is 0 Å². The summed E-state index contributed by atoms with van der Waals surface area (Å²) in [7, 11) is -3.40. The third-order valence-electron chi connectivity index (χ3n) is 2.47. The summed E-state index contributed by atoms with van der Waals surface area (Å²) in [5.74, 6) is 0. The summed E-state index contributed by atoms with van der Waals surface area (Å²) in [5.41, 5.74) is -0.637. The SMILES string of the molecule is CCC(c1cccc(C(F)(F)F)c1)S(C)(=O)=O. The normalized spacial score (nSPS) is 14.6. The van der Waals surface area contributed by atoms with E-state index in [9.17, 15) is 21.6 Å². The smallest absolute Gasteiger partial charge is 0.228 e. The fourth-order valence-electron chi connectivity index (χ4n) is 1.70. The quantitative estimate of drug-likeness (QED) is 0.842. The molecule has 0 fully saturated rings. The van der Waals surface area contributed by atoms with Gasteiger partial charge in [0.15, 0.2) is 9.84 Å². The van der Waals surface area contributed by atoms with Crippen LogP contribution in [0.1, 0.15) is 29.7 Å². The lowest BCUT2D eigenvalue weighted by Gasteiger charge is -2.15. The predicted octanol–water partition coefficient (Wildman–Crippen LogP) is 3.20. The standard InChI is InChI=1S/C11H13F3O2S/c1-3-10(17(2,15)16)8-5-4-6-9(7-8)11(12,13)14/h4-7,10H,3H2,1-2H3. The van der Waals surface area contributed by atoms with E-state index in [1.807, 2.05) is 0 Å². The molecule has 96 valence electrons. The van der Waals surface area contributed by atoms with Crippen LogP contribution < -0.4 is 0 Å². The van der Waals surface area contributed by atoms with Crippen LogP contribution in [0.3, 0.4) is 0 Å². The average molecular weight is 266 g/mol. The minimum atomic E-state index is -4.45. The number of benzene rings is 1. The second kappa shape index (κ2) is 4.68. The molecule has 0 saturated heterocycles. The Morgan fingerprint density at radius 1 is 1.29 bits per heavy atom. The Bertz CT molecular complexity index is 492. The minimum absolute atomic E-state index is 0.185. The summed E-state index contributed by atoms with van der Waals surface area (Å²) in [4.78, 5) is 0. The highest BCUT2D eigenvalue weighted by Crippen LogP contribution is 2.33. The predicted molar refractivity (Wildman–Crippen MR) is 59.3 cm³/mol. The third-order valence-corrected chi connectivity index (χ3v) is 4.11. The van der Waals surface area contributed by atoms with Crippen LogP contribution in [0.2, 0.25) is 0 Å². The van der Waals surface area contributed by atoms with Crippen molar-refractivity contribution in [3.8, 4) is 0 Å². The molecule has 0 aromatic heterocycles.